The Kier molecular flexibility index (Phi) is 5.62. The van der Waals surface area contributed by atoms with Crippen LogP contribution in [-0.4, -0.2) is 24.8 Å². The average Bonchev–Trinajstić information content (AvgIpc) is 2.51. The van der Waals surface area contributed by atoms with Crippen molar-refractivity contribution in [3.05, 3.63) is 20.8 Å². The summed E-state index contributed by atoms with van der Waals surface area (Å²) < 4.78 is 1.17. The Balaban J connectivity index is 2.06. The maximum absolute atomic E-state index is 8.54. The summed E-state index contributed by atoms with van der Waals surface area (Å²) >= 11 is 5.20. The highest BCUT2D eigenvalue weighted by Gasteiger charge is 1.96. The third kappa shape index (κ3) is 4.76. The molecule has 1 aromatic heterocycles. The monoisotopic (exact) mass is 263 g/mol. The fraction of sp³-hybridized carbons (Fsp3) is 0.556. The first-order chi connectivity index (χ1) is 6.33. The summed E-state index contributed by atoms with van der Waals surface area (Å²) in [6.45, 7) is 2.17. The van der Waals surface area contributed by atoms with Crippen LogP contribution < -0.4 is 5.32 Å². The van der Waals surface area contributed by atoms with E-state index in [1.165, 1.54) is 9.35 Å². The van der Waals surface area contributed by atoms with Crippen LogP contribution in [0.4, 0.5) is 0 Å². The van der Waals surface area contributed by atoms with Crippen LogP contribution in [0.25, 0.3) is 0 Å². The molecule has 0 atom stereocenters. The van der Waals surface area contributed by atoms with E-state index in [0.29, 0.717) is 0 Å². The normalized spacial score (nSPS) is 10.6. The molecule has 0 aliphatic rings. The van der Waals surface area contributed by atoms with Gasteiger partial charge in [0, 0.05) is 21.3 Å². The van der Waals surface area contributed by atoms with Crippen molar-refractivity contribution >= 4 is 27.3 Å². The van der Waals surface area contributed by atoms with E-state index < -0.39 is 0 Å². The van der Waals surface area contributed by atoms with Crippen LogP contribution in [0.3, 0.4) is 0 Å². The maximum Gasteiger partial charge on any atom is 0.0443 e. The minimum Gasteiger partial charge on any atom is -0.396 e. The zero-order valence-electron chi connectivity index (χ0n) is 7.42. The molecule has 4 heteroatoms. The number of nitrogens with one attached hydrogen (secondary N) is 1. The van der Waals surface area contributed by atoms with Gasteiger partial charge in [0.1, 0.15) is 0 Å². The van der Waals surface area contributed by atoms with Crippen molar-refractivity contribution in [3.8, 4) is 0 Å². The predicted molar refractivity (Wildman–Crippen MR) is 60.3 cm³/mol. The molecule has 1 aromatic rings. The van der Waals surface area contributed by atoms with Gasteiger partial charge in [-0.3, -0.25) is 0 Å². The van der Waals surface area contributed by atoms with Gasteiger partial charge in [0.15, 0.2) is 0 Å². The molecule has 13 heavy (non-hydrogen) atoms. The number of halogens is 1. The first-order valence-corrected chi connectivity index (χ1v) is 6.04. The SMILES string of the molecule is OCCCNCCc1cc(Br)cs1. The molecular formula is C9H14BrNOS. The highest BCUT2D eigenvalue weighted by atomic mass is 79.9. The van der Waals surface area contributed by atoms with Crippen molar-refractivity contribution in [2.45, 2.75) is 12.8 Å². The lowest BCUT2D eigenvalue weighted by Crippen LogP contribution is -2.18. The van der Waals surface area contributed by atoms with Crippen LogP contribution in [0, 0.1) is 0 Å². The smallest absolute Gasteiger partial charge is 0.0443 e. The first kappa shape index (κ1) is 11.2. The predicted octanol–water partition coefficient (Wildman–Crippen LogP) is 2.03. The molecule has 0 spiro atoms. The van der Waals surface area contributed by atoms with E-state index in [2.05, 4.69) is 32.7 Å². The Labute approximate surface area is 91.1 Å². The Morgan fingerprint density at radius 3 is 2.92 bits per heavy atom. The van der Waals surface area contributed by atoms with Gasteiger partial charge >= 0.3 is 0 Å². The Morgan fingerprint density at radius 2 is 2.31 bits per heavy atom. The summed E-state index contributed by atoms with van der Waals surface area (Å²) in [6.07, 6.45) is 1.91. The van der Waals surface area contributed by atoms with Crippen molar-refractivity contribution in [2.24, 2.45) is 0 Å². The van der Waals surface area contributed by atoms with Gasteiger partial charge in [0.05, 0.1) is 0 Å². The van der Waals surface area contributed by atoms with Crippen LogP contribution in [0.2, 0.25) is 0 Å². The topological polar surface area (TPSA) is 32.3 Å². The average molecular weight is 264 g/mol. The van der Waals surface area contributed by atoms with E-state index >= 15 is 0 Å². The lowest BCUT2D eigenvalue weighted by molar-refractivity contribution is 0.286. The molecule has 0 radical (unpaired) electrons. The fourth-order valence-corrected chi connectivity index (χ4v) is 2.48. The van der Waals surface area contributed by atoms with Crippen LogP contribution in [-0.2, 0) is 6.42 Å². The van der Waals surface area contributed by atoms with E-state index in [4.69, 9.17) is 5.11 Å². The summed E-state index contributed by atoms with van der Waals surface area (Å²) in [7, 11) is 0. The molecule has 0 fully saturated rings. The molecule has 0 amide bonds. The zero-order valence-corrected chi connectivity index (χ0v) is 9.83. The minimum absolute atomic E-state index is 0.275. The first-order valence-electron chi connectivity index (χ1n) is 4.37. The van der Waals surface area contributed by atoms with Gasteiger partial charge in [-0.15, -0.1) is 11.3 Å². The molecule has 2 nitrogen and oxygen atoms in total. The molecule has 74 valence electrons. The number of aliphatic hydroxyl groups excluding tert-OH is 1. The number of hydrogen-bond acceptors (Lipinski definition) is 3. The molecule has 0 aliphatic heterocycles. The standard InChI is InChI=1S/C9H14BrNOS/c10-8-6-9(13-7-8)2-4-11-3-1-5-12/h6-7,11-12H,1-5H2. The summed E-state index contributed by atoms with van der Waals surface area (Å²) in [5, 5.41) is 13.9. The molecule has 2 N–H and O–H groups in total. The number of rotatable bonds is 6. The lowest BCUT2D eigenvalue weighted by Gasteiger charge is -2.00. The van der Waals surface area contributed by atoms with Crippen LogP contribution in [0.5, 0.6) is 0 Å². The second kappa shape index (κ2) is 6.54. The van der Waals surface area contributed by atoms with Crippen molar-refractivity contribution in [3.63, 3.8) is 0 Å². The van der Waals surface area contributed by atoms with E-state index in [1.807, 2.05) is 0 Å². The highest BCUT2D eigenvalue weighted by molar-refractivity contribution is 9.10. The third-order valence-corrected chi connectivity index (χ3v) is 3.44. The third-order valence-electron chi connectivity index (χ3n) is 1.68. The second-order valence-corrected chi connectivity index (χ2v) is 4.72. The molecule has 0 unspecified atom stereocenters. The van der Waals surface area contributed by atoms with Gasteiger partial charge in [-0.1, -0.05) is 0 Å². The Bertz CT molecular complexity index is 239. The molecule has 0 aromatic carbocycles. The summed E-state index contributed by atoms with van der Waals surface area (Å²) in [5.41, 5.74) is 0. The zero-order chi connectivity index (χ0) is 9.52. The van der Waals surface area contributed by atoms with Crippen molar-refractivity contribution in [2.75, 3.05) is 19.7 Å². The van der Waals surface area contributed by atoms with Gasteiger partial charge < -0.3 is 10.4 Å². The molecule has 1 heterocycles. The van der Waals surface area contributed by atoms with Crippen LogP contribution >= 0.6 is 27.3 Å². The maximum atomic E-state index is 8.54. The number of thiophene rings is 1. The second-order valence-electron chi connectivity index (χ2n) is 2.81. The fourth-order valence-electron chi connectivity index (χ4n) is 1.03. The largest absolute Gasteiger partial charge is 0.396 e. The molecule has 0 saturated heterocycles. The van der Waals surface area contributed by atoms with E-state index in [9.17, 15) is 0 Å². The lowest BCUT2D eigenvalue weighted by atomic mass is 10.3. The molecule has 0 aliphatic carbocycles. The number of hydrogen-bond donors (Lipinski definition) is 2. The van der Waals surface area contributed by atoms with Gasteiger partial charge in [-0.05, 0) is 47.9 Å². The van der Waals surface area contributed by atoms with Gasteiger partial charge in [-0.25, -0.2) is 0 Å². The van der Waals surface area contributed by atoms with Crippen LogP contribution in [0.15, 0.2) is 15.9 Å². The minimum atomic E-state index is 0.275. The molecule has 0 bridgehead atoms. The van der Waals surface area contributed by atoms with Crippen molar-refractivity contribution in [1.29, 1.82) is 0 Å². The summed E-state index contributed by atoms with van der Waals surface area (Å²) in [5.74, 6) is 0. The van der Waals surface area contributed by atoms with Crippen molar-refractivity contribution in [1.82, 2.24) is 5.32 Å². The van der Waals surface area contributed by atoms with E-state index in [1.54, 1.807) is 11.3 Å². The molecule has 0 saturated carbocycles. The van der Waals surface area contributed by atoms with Gasteiger partial charge in [0.2, 0.25) is 0 Å². The Morgan fingerprint density at radius 1 is 1.46 bits per heavy atom. The highest BCUT2D eigenvalue weighted by Crippen LogP contribution is 2.19. The summed E-state index contributed by atoms with van der Waals surface area (Å²) in [6, 6.07) is 2.15. The van der Waals surface area contributed by atoms with Crippen LogP contribution in [0.1, 0.15) is 11.3 Å². The molecule has 1 rings (SSSR count). The van der Waals surface area contributed by atoms with E-state index in [0.717, 1.165) is 25.9 Å². The molecular weight excluding hydrogens is 250 g/mol. The Hall–Kier alpha value is 0.1000. The number of aliphatic hydroxyl groups is 1. The van der Waals surface area contributed by atoms with Gasteiger partial charge in [-0.2, -0.15) is 0 Å². The van der Waals surface area contributed by atoms with E-state index in [-0.39, 0.29) is 6.61 Å². The van der Waals surface area contributed by atoms with Crippen molar-refractivity contribution < 1.29 is 5.11 Å². The quantitative estimate of drug-likeness (QED) is 0.770. The summed E-state index contributed by atoms with van der Waals surface area (Å²) in [4.78, 5) is 1.39. The van der Waals surface area contributed by atoms with Gasteiger partial charge in [0.25, 0.3) is 0 Å².